The van der Waals surface area contributed by atoms with Gasteiger partial charge in [-0.2, -0.15) is 0 Å². The summed E-state index contributed by atoms with van der Waals surface area (Å²) in [7, 11) is 0. The molecule has 1 aromatic carbocycles. The molecule has 1 saturated heterocycles. The highest BCUT2D eigenvalue weighted by Gasteiger charge is 2.32. The number of hydrogen-bond donors (Lipinski definition) is 3. The highest BCUT2D eigenvalue weighted by molar-refractivity contribution is 7.18. The molecular weight excluding hydrogens is 524 g/mol. The topological polar surface area (TPSA) is 138 Å². The van der Waals surface area contributed by atoms with Gasteiger partial charge in [-0.25, -0.2) is 14.4 Å². The largest absolute Gasteiger partial charge is 0.480 e. The van der Waals surface area contributed by atoms with Gasteiger partial charge in [-0.3, -0.25) is 14.6 Å². The number of ether oxygens (including phenoxy) is 2. The van der Waals surface area contributed by atoms with Crippen LogP contribution in [0.25, 0.3) is 0 Å². The van der Waals surface area contributed by atoms with E-state index in [1.54, 1.807) is 36.4 Å². The number of carbonyl (C=O) groups is 4. The van der Waals surface area contributed by atoms with Crippen molar-refractivity contribution in [1.29, 1.82) is 0 Å². The lowest BCUT2D eigenvalue weighted by molar-refractivity contribution is -0.142. The predicted molar refractivity (Wildman–Crippen MR) is 140 cm³/mol. The quantitative estimate of drug-likeness (QED) is 0.343. The number of carboxylic acid groups (broad SMARTS) is 1. The van der Waals surface area contributed by atoms with E-state index in [4.69, 9.17) is 26.2 Å². The number of amides is 4. The van der Waals surface area contributed by atoms with Gasteiger partial charge in [-0.05, 0) is 42.3 Å². The van der Waals surface area contributed by atoms with Crippen LogP contribution >= 0.6 is 22.9 Å². The van der Waals surface area contributed by atoms with E-state index < -0.39 is 24.8 Å². The Morgan fingerprint density at radius 1 is 1.22 bits per heavy atom. The molecule has 0 aliphatic carbocycles. The van der Waals surface area contributed by atoms with E-state index in [9.17, 15) is 19.2 Å². The molecule has 2 heterocycles. The number of rotatable bonds is 12. The molecule has 1 unspecified atom stereocenters. The van der Waals surface area contributed by atoms with E-state index in [2.05, 4.69) is 10.6 Å². The Balaban J connectivity index is 1.61. The maximum atomic E-state index is 12.8. The second-order valence-electron chi connectivity index (χ2n) is 8.62. The number of nitrogens with one attached hydrogen (secondary N) is 2. The summed E-state index contributed by atoms with van der Waals surface area (Å²) in [5.41, 5.74) is 1.12. The first-order valence-electron chi connectivity index (χ1n) is 11.6. The lowest BCUT2D eigenvalue weighted by atomic mass is 10.2. The number of hydrogen-bond acceptors (Lipinski definition) is 7. The maximum Gasteiger partial charge on any atom is 0.414 e. The van der Waals surface area contributed by atoms with Gasteiger partial charge in [0.05, 0.1) is 35.5 Å². The summed E-state index contributed by atoms with van der Waals surface area (Å²) < 4.78 is 11.0. The molecule has 0 bridgehead atoms. The third kappa shape index (κ3) is 8.34. The smallest absolute Gasteiger partial charge is 0.414 e. The Labute approximate surface area is 223 Å². The van der Waals surface area contributed by atoms with Crippen molar-refractivity contribution in [2.45, 2.75) is 20.0 Å². The SMILES string of the molecule is CC(C)CNC(=O)N(CCOCC(=O)O)c1ccc(N2CC(CNC(=O)c3ccc(Cl)s3)OC2=O)cc1. The number of urea groups is 1. The fourth-order valence-electron chi connectivity index (χ4n) is 3.43. The maximum absolute atomic E-state index is 12.8. The summed E-state index contributed by atoms with van der Waals surface area (Å²) in [6, 6.07) is 9.66. The fraction of sp³-hybridized carbons (Fsp3) is 0.417. The number of carbonyl (C=O) groups excluding carboxylic acids is 3. The number of nitrogens with zero attached hydrogens (tertiary/aromatic N) is 2. The number of thiophene rings is 1. The molecule has 2 aromatic rings. The Hall–Kier alpha value is -3.35. The number of halogens is 1. The molecule has 1 atom stereocenters. The van der Waals surface area contributed by atoms with Crippen LogP contribution in [0.4, 0.5) is 21.0 Å². The number of anilines is 2. The molecule has 3 N–H and O–H groups in total. The third-order valence-corrected chi connectivity index (χ3v) is 6.46. The zero-order valence-corrected chi connectivity index (χ0v) is 22.0. The predicted octanol–water partition coefficient (Wildman–Crippen LogP) is 3.43. The van der Waals surface area contributed by atoms with Crippen LogP contribution in [-0.4, -0.2) is 74.6 Å². The van der Waals surface area contributed by atoms with Crippen molar-refractivity contribution in [3.05, 3.63) is 45.6 Å². The van der Waals surface area contributed by atoms with Crippen molar-refractivity contribution in [3.8, 4) is 0 Å². The molecule has 0 spiro atoms. The summed E-state index contributed by atoms with van der Waals surface area (Å²) >= 11 is 7.03. The summed E-state index contributed by atoms with van der Waals surface area (Å²) in [6.07, 6.45) is -1.07. The summed E-state index contributed by atoms with van der Waals surface area (Å²) in [6.45, 7) is 4.52. The molecular formula is C24H29ClN4O7S. The van der Waals surface area contributed by atoms with Gasteiger partial charge in [-0.15, -0.1) is 11.3 Å². The minimum absolute atomic E-state index is 0.0344. The van der Waals surface area contributed by atoms with Crippen molar-refractivity contribution in [2.24, 2.45) is 5.92 Å². The van der Waals surface area contributed by atoms with Crippen LogP contribution in [0.1, 0.15) is 23.5 Å². The lowest BCUT2D eigenvalue weighted by Crippen LogP contribution is -2.43. The van der Waals surface area contributed by atoms with Gasteiger partial charge in [0, 0.05) is 17.9 Å². The molecule has 13 heteroatoms. The van der Waals surface area contributed by atoms with Crippen molar-refractivity contribution in [3.63, 3.8) is 0 Å². The zero-order chi connectivity index (χ0) is 26.9. The van der Waals surface area contributed by atoms with E-state index in [-0.39, 0.29) is 44.1 Å². The zero-order valence-electron chi connectivity index (χ0n) is 20.4. The Bertz CT molecular complexity index is 1110. The minimum atomic E-state index is -1.09. The van der Waals surface area contributed by atoms with Crippen LogP contribution in [0.5, 0.6) is 0 Å². The van der Waals surface area contributed by atoms with E-state index in [0.717, 1.165) is 11.3 Å². The number of benzene rings is 1. The molecule has 1 aliphatic heterocycles. The minimum Gasteiger partial charge on any atom is -0.480 e. The van der Waals surface area contributed by atoms with Crippen molar-refractivity contribution < 1.29 is 33.8 Å². The van der Waals surface area contributed by atoms with Gasteiger partial charge in [-0.1, -0.05) is 25.4 Å². The molecule has 1 aromatic heterocycles. The highest BCUT2D eigenvalue weighted by Crippen LogP contribution is 2.25. The Kier molecular flexibility index (Phi) is 10.1. The average molecular weight is 553 g/mol. The first-order chi connectivity index (χ1) is 17.6. The molecule has 11 nitrogen and oxygen atoms in total. The van der Waals surface area contributed by atoms with Crippen LogP contribution in [0.15, 0.2) is 36.4 Å². The van der Waals surface area contributed by atoms with Crippen LogP contribution < -0.4 is 20.4 Å². The number of aliphatic carboxylic acids is 1. The molecule has 4 amide bonds. The second kappa shape index (κ2) is 13.3. The molecule has 1 aliphatic rings. The summed E-state index contributed by atoms with van der Waals surface area (Å²) in [4.78, 5) is 51.5. The summed E-state index contributed by atoms with van der Waals surface area (Å²) in [5.74, 6) is -1.14. The normalized spacial score (nSPS) is 15.0. The fourth-order valence-corrected chi connectivity index (χ4v) is 4.39. The van der Waals surface area contributed by atoms with Crippen molar-refractivity contribution in [2.75, 3.05) is 49.2 Å². The van der Waals surface area contributed by atoms with E-state index in [0.29, 0.717) is 27.1 Å². The number of carboxylic acids is 1. The third-order valence-electron chi connectivity index (χ3n) is 5.23. The van der Waals surface area contributed by atoms with E-state index in [1.807, 2.05) is 13.8 Å². The van der Waals surface area contributed by atoms with Crippen molar-refractivity contribution in [1.82, 2.24) is 10.6 Å². The molecule has 37 heavy (non-hydrogen) atoms. The van der Waals surface area contributed by atoms with Gasteiger partial charge >= 0.3 is 18.1 Å². The molecule has 0 saturated carbocycles. The molecule has 0 radical (unpaired) electrons. The van der Waals surface area contributed by atoms with Gasteiger partial charge in [0.2, 0.25) is 0 Å². The Morgan fingerprint density at radius 3 is 2.57 bits per heavy atom. The first kappa shape index (κ1) is 28.2. The average Bonchev–Trinajstić information content (AvgIpc) is 3.46. The van der Waals surface area contributed by atoms with Gasteiger partial charge < -0.3 is 25.2 Å². The molecule has 1 fully saturated rings. The second-order valence-corrected chi connectivity index (χ2v) is 10.3. The Morgan fingerprint density at radius 2 is 1.95 bits per heavy atom. The molecule has 200 valence electrons. The van der Waals surface area contributed by atoms with Gasteiger partial charge in [0.25, 0.3) is 5.91 Å². The van der Waals surface area contributed by atoms with E-state index >= 15 is 0 Å². The van der Waals surface area contributed by atoms with Crippen LogP contribution in [-0.2, 0) is 14.3 Å². The summed E-state index contributed by atoms with van der Waals surface area (Å²) in [5, 5.41) is 14.3. The van der Waals surface area contributed by atoms with Crippen LogP contribution in [0.2, 0.25) is 4.34 Å². The first-order valence-corrected chi connectivity index (χ1v) is 12.8. The number of cyclic esters (lactones) is 1. The van der Waals surface area contributed by atoms with Crippen molar-refractivity contribution >= 4 is 58.3 Å². The van der Waals surface area contributed by atoms with Gasteiger partial charge in [0.15, 0.2) is 0 Å². The lowest BCUT2D eigenvalue weighted by Gasteiger charge is -2.24. The molecule has 3 rings (SSSR count). The van der Waals surface area contributed by atoms with Gasteiger partial charge in [0.1, 0.15) is 12.7 Å². The van der Waals surface area contributed by atoms with Crippen LogP contribution in [0, 0.1) is 5.92 Å². The standard InChI is InChI=1S/C24H29ClN4O7S/c1-15(2)11-27-23(33)28(9-10-35-14-21(30)31)16-3-5-17(6-4-16)29-13-18(36-24(29)34)12-26-22(32)19-7-8-20(25)37-19/h3-8,15,18H,9-14H2,1-2H3,(H,26,32)(H,27,33)(H,30,31). The monoisotopic (exact) mass is 552 g/mol. The van der Waals surface area contributed by atoms with Crippen LogP contribution in [0.3, 0.4) is 0 Å². The highest BCUT2D eigenvalue weighted by atomic mass is 35.5. The van der Waals surface area contributed by atoms with E-state index in [1.165, 1.54) is 9.80 Å².